The van der Waals surface area contributed by atoms with E-state index >= 15 is 0 Å². The molecular formula is C23H22FN5O3. The van der Waals surface area contributed by atoms with E-state index in [0.29, 0.717) is 35.9 Å². The average molecular weight is 435 g/mol. The first-order valence-electron chi connectivity index (χ1n) is 9.65. The number of hydrogen-bond donors (Lipinski definition) is 3. The molecule has 0 fully saturated rings. The average Bonchev–Trinajstić information content (AvgIpc) is 2.81. The summed E-state index contributed by atoms with van der Waals surface area (Å²) >= 11 is 0. The molecule has 0 aliphatic carbocycles. The van der Waals surface area contributed by atoms with E-state index in [4.69, 9.17) is 14.7 Å². The van der Waals surface area contributed by atoms with E-state index < -0.39 is 11.9 Å². The molecule has 164 valence electrons. The molecule has 1 unspecified atom stereocenters. The molecule has 9 heteroatoms. The number of aromatic nitrogens is 2. The number of rotatable bonds is 10. The number of benzene rings is 2. The molecule has 0 amide bonds. The van der Waals surface area contributed by atoms with Crippen molar-refractivity contribution in [2.45, 2.75) is 6.10 Å². The van der Waals surface area contributed by atoms with Gasteiger partial charge in [-0.1, -0.05) is 18.7 Å². The minimum atomic E-state index is -1.14. The fraction of sp³-hybridized carbons (Fsp3) is 0.174. The van der Waals surface area contributed by atoms with E-state index in [1.165, 1.54) is 0 Å². The van der Waals surface area contributed by atoms with E-state index in [9.17, 15) is 9.50 Å². The lowest BCUT2D eigenvalue weighted by Crippen LogP contribution is -2.05. The highest BCUT2D eigenvalue weighted by atomic mass is 19.1. The minimum Gasteiger partial charge on any atom is -0.491 e. The van der Waals surface area contributed by atoms with E-state index in [1.807, 2.05) is 6.07 Å². The van der Waals surface area contributed by atoms with Crippen molar-refractivity contribution in [1.82, 2.24) is 9.97 Å². The summed E-state index contributed by atoms with van der Waals surface area (Å²) < 4.78 is 24.7. The monoisotopic (exact) mass is 435 g/mol. The zero-order chi connectivity index (χ0) is 22.9. The molecule has 0 spiro atoms. The maximum absolute atomic E-state index is 14.3. The number of nitriles is 1. The standard InChI is InChI=1S/C23H22FN5O3/c1-15(13-25)21(30)16-4-3-5-18(12-16)27-22-20(24)14-26-23(29-22)28-17-6-8-19(9-7-17)32-11-10-31-2/h3-9,12,14,21,30H,1,10-11H2,2H3,(H2,26,27,28,29). The highest BCUT2D eigenvalue weighted by molar-refractivity contribution is 5.61. The second kappa shape index (κ2) is 10.9. The molecule has 0 aliphatic rings. The van der Waals surface area contributed by atoms with Gasteiger partial charge in [0, 0.05) is 18.5 Å². The number of ether oxygens (including phenoxy) is 2. The topological polar surface area (TPSA) is 112 Å². The number of nitrogens with zero attached hydrogens (tertiary/aromatic N) is 3. The van der Waals surface area contributed by atoms with Crippen LogP contribution in [0.2, 0.25) is 0 Å². The van der Waals surface area contributed by atoms with Crippen LogP contribution in [0.15, 0.2) is 66.9 Å². The van der Waals surface area contributed by atoms with Crippen molar-refractivity contribution in [2.24, 2.45) is 0 Å². The van der Waals surface area contributed by atoms with Crippen LogP contribution < -0.4 is 15.4 Å². The Morgan fingerprint density at radius 1 is 1.19 bits per heavy atom. The lowest BCUT2D eigenvalue weighted by Gasteiger charge is -2.13. The lowest BCUT2D eigenvalue weighted by molar-refractivity contribution is 0.146. The van der Waals surface area contributed by atoms with Crippen molar-refractivity contribution in [3.05, 3.63) is 78.3 Å². The quantitative estimate of drug-likeness (QED) is 0.320. The van der Waals surface area contributed by atoms with Gasteiger partial charge in [0.25, 0.3) is 0 Å². The number of methoxy groups -OCH3 is 1. The summed E-state index contributed by atoms with van der Waals surface area (Å²) in [6, 6.07) is 15.5. The van der Waals surface area contributed by atoms with Gasteiger partial charge >= 0.3 is 0 Å². The highest BCUT2D eigenvalue weighted by Gasteiger charge is 2.13. The minimum absolute atomic E-state index is 0.0111. The summed E-state index contributed by atoms with van der Waals surface area (Å²) in [5, 5.41) is 24.9. The number of halogens is 1. The Bertz CT molecular complexity index is 1120. The van der Waals surface area contributed by atoms with Crippen LogP contribution in [0, 0.1) is 17.1 Å². The van der Waals surface area contributed by atoms with Crippen LogP contribution in [0.1, 0.15) is 11.7 Å². The van der Waals surface area contributed by atoms with Gasteiger partial charge in [0.05, 0.1) is 24.4 Å². The van der Waals surface area contributed by atoms with E-state index in [1.54, 1.807) is 55.6 Å². The summed E-state index contributed by atoms with van der Waals surface area (Å²) in [4.78, 5) is 8.15. The van der Waals surface area contributed by atoms with Crippen LogP contribution in [-0.4, -0.2) is 35.4 Å². The molecule has 1 heterocycles. The van der Waals surface area contributed by atoms with Crippen molar-refractivity contribution in [2.75, 3.05) is 31.0 Å². The van der Waals surface area contributed by atoms with Crippen molar-refractivity contribution >= 4 is 23.1 Å². The molecule has 0 bridgehead atoms. The van der Waals surface area contributed by atoms with Crippen LogP contribution in [0.25, 0.3) is 0 Å². The molecule has 32 heavy (non-hydrogen) atoms. The van der Waals surface area contributed by atoms with E-state index in [0.717, 1.165) is 6.20 Å². The fourth-order valence-electron chi connectivity index (χ4n) is 2.71. The second-order valence-electron chi connectivity index (χ2n) is 6.67. The molecule has 2 aromatic carbocycles. The number of hydrogen-bond acceptors (Lipinski definition) is 8. The molecule has 1 aromatic heterocycles. The first-order valence-corrected chi connectivity index (χ1v) is 9.65. The van der Waals surface area contributed by atoms with Crippen LogP contribution in [-0.2, 0) is 4.74 Å². The summed E-state index contributed by atoms with van der Waals surface area (Å²) in [6.45, 7) is 4.46. The number of aliphatic hydroxyl groups excluding tert-OH is 1. The number of aliphatic hydroxyl groups is 1. The summed E-state index contributed by atoms with van der Waals surface area (Å²) in [5.74, 6) is 0.185. The first kappa shape index (κ1) is 22.7. The van der Waals surface area contributed by atoms with Gasteiger partial charge in [-0.25, -0.2) is 9.37 Å². The second-order valence-corrected chi connectivity index (χ2v) is 6.67. The molecular weight excluding hydrogens is 413 g/mol. The predicted molar refractivity (Wildman–Crippen MR) is 119 cm³/mol. The molecule has 8 nitrogen and oxygen atoms in total. The molecule has 3 N–H and O–H groups in total. The third-order valence-electron chi connectivity index (χ3n) is 4.35. The lowest BCUT2D eigenvalue weighted by atomic mass is 10.0. The van der Waals surface area contributed by atoms with Crippen LogP contribution in [0.3, 0.4) is 0 Å². The summed E-state index contributed by atoms with van der Waals surface area (Å²) in [6.07, 6.45) is -0.0912. The van der Waals surface area contributed by atoms with Crippen LogP contribution in [0.5, 0.6) is 5.75 Å². The molecule has 1 atom stereocenters. The maximum atomic E-state index is 14.3. The van der Waals surface area contributed by atoms with Gasteiger partial charge in [-0.3, -0.25) is 0 Å². The zero-order valence-corrected chi connectivity index (χ0v) is 17.4. The molecule has 0 saturated heterocycles. The molecule has 0 saturated carbocycles. The van der Waals surface area contributed by atoms with Crippen molar-refractivity contribution in [1.29, 1.82) is 5.26 Å². The predicted octanol–water partition coefficient (Wildman–Crippen LogP) is 4.24. The highest BCUT2D eigenvalue weighted by Crippen LogP contribution is 2.26. The Labute approximate surface area is 185 Å². The van der Waals surface area contributed by atoms with Crippen LogP contribution in [0.4, 0.5) is 27.5 Å². The number of nitrogens with one attached hydrogen (secondary N) is 2. The van der Waals surface area contributed by atoms with Gasteiger partial charge in [-0.05, 0) is 42.0 Å². The molecule has 0 radical (unpaired) electrons. The Kier molecular flexibility index (Phi) is 7.70. The zero-order valence-electron chi connectivity index (χ0n) is 17.4. The largest absolute Gasteiger partial charge is 0.491 e. The Hall–Kier alpha value is -4.00. The van der Waals surface area contributed by atoms with Crippen molar-refractivity contribution < 1.29 is 19.0 Å². The van der Waals surface area contributed by atoms with Crippen molar-refractivity contribution in [3.8, 4) is 11.8 Å². The van der Waals surface area contributed by atoms with Gasteiger partial charge < -0.3 is 25.2 Å². The maximum Gasteiger partial charge on any atom is 0.229 e. The Morgan fingerprint density at radius 2 is 1.97 bits per heavy atom. The molecule has 3 aromatic rings. The normalized spacial score (nSPS) is 11.3. The molecule has 0 aliphatic heterocycles. The Balaban J connectivity index is 1.71. The fourth-order valence-corrected chi connectivity index (χ4v) is 2.71. The summed E-state index contributed by atoms with van der Waals surface area (Å²) in [7, 11) is 1.61. The van der Waals surface area contributed by atoms with Gasteiger partial charge in [0.1, 0.15) is 18.5 Å². The van der Waals surface area contributed by atoms with Crippen LogP contribution >= 0.6 is 0 Å². The summed E-state index contributed by atoms with van der Waals surface area (Å²) in [5.41, 5.74) is 1.63. The van der Waals surface area contributed by atoms with E-state index in [-0.39, 0.29) is 17.3 Å². The third-order valence-corrected chi connectivity index (χ3v) is 4.35. The van der Waals surface area contributed by atoms with Gasteiger partial charge in [0.2, 0.25) is 5.95 Å². The Morgan fingerprint density at radius 3 is 2.69 bits per heavy atom. The number of anilines is 4. The van der Waals surface area contributed by atoms with Gasteiger partial charge in [-0.15, -0.1) is 0 Å². The first-order chi connectivity index (χ1) is 15.5. The van der Waals surface area contributed by atoms with Gasteiger partial charge in [-0.2, -0.15) is 10.2 Å². The van der Waals surface area contributed by atoms with E-state index in [2.05, 4.69) is 27.2 Å². The van der Waals surface area contributed by atoms with Crippen molar-refractivity contribution in [3.63, 3.8) is 0 Å². The smallest absolute Gasteiger partial charge is 0.229 e. The van der Waals surface area contributed by atoms with Gasteiger partial charge in [0.15, 0.2) is 11.6 Å². The molecule has 3 rings (SSSR count). The third kappa shape index (κ3) is 6.01. The SMILES string of the molecule is C=C(C#N)C(O)c1cccc(Nc2nc(Nc3ccc(OCCOC)cc3)ncc2F)c1.